The molecule has 0 aliphatic heterocycles. The molecular weight excluding hydrogens is 460 g/mol. The van der Waals surface area contributed by atoms with Gasteiger partial charge in [0.15, 0.2) is 5.65 Å². The van der Waals surface area contributed by atoms with Crippen LogP contribution in [0.15, 0.2) is 82.6 Å². The smallest absolute Gasteiger partial charge is 0.350 e. The number of nitrogens with one attached hydrogen (secondary N) is 1. The number of nitrogens with zero attached hydrogens (tertiary/aromatic N) is 3. The van der Waals surface area contributed by atoms with E-state index in [9.17, 15) is 18.0 Å². The Labute approximate surface area is 194 Å². The summed E-state index contributed by atoms with van der Waals surface area (Å²) < 4.78 is 36.6. The van der Waals surface area contributed by atoms with Crippen molar-refractivity contribution in [2.45, 2.75) is 11.4 Å². The molecule has 0 saturated carbocycles. The number of aromatic nitrogens is 3. The second-order valence-corrected chi connectivity index (χ2v) is 8.91. The first-order chi connectivity index (χ1) is 16.3. The number of hydrogen-bond donors (Lipinski definition) is 2. The zero-order valence-corrected chi connectivity index (χ0v) is 18.8. The largest absolute Gasteiger partial charge is 0.495 e. The Morgan fingerprint density at radius 1 is 1.15 bits per heavy atom. The van der Waals surface area contributed by atoms with E-state index in [1.54, 1.807) is 54.7 Å². The van der Waals surface area contributed by atoms with E-state index in [1.807, 2.05) is 0 Å². The SMILES string of the molecule is COc1ccc(/C=C/C(=O)O)cc1S(=O)(=O)Nc1cccc(Cn2nc3ccccn3c2=O)c1. The second-order valence-electron chi connectivity index (χ2n) is 7.26. The van der Waals surface area contributed by atoms with Crippen molar-refractivity contribution in [1.29, 1.82) is 0 Å². The first-order valence-electron chi connectivity index (χ1n) is 10.0. The molecule has 0 atom stereocenters. The van der Waals surface area contributed by atoms with Crippen molar-refractivity contribution in [3.8, 4) is 5.75 Å². The standard InChI is InChI=1S/C23H20N4O6S/c1-33-19-10-8-16(9-11-22(28)29)14-20(19)34(31,32)25-18-6-4-5-17(13-18)15-27-23(30)26-12-3-2-7-21(26)24-27/h2-14,25H,15H2,1H3,(H,28,29)/b11-9+. The predicted molar refractivity (Wildman–Crippen MR) is 125 cm³/mol. The molecule has 11 heteroatoms. The van der Waals surface area contributed by atoms with Crippen LogP contribution < -0.4 is 15.1 Å². The minimum atomic E-state index is -4.08. The summed E-state index contributed by atoms with van der Waals surface area (Å²) in [4.78, 5) is 23.2. The molecule has 0 fully saturated rings. The Kier molecular flexibility index (Phi) is 6.19. The molecule has 4 rings (SSSR count). The van der Waals surface area contributed by atoms with Crippen LogP contribution in [0, 0.1) is 0 Å². The molecule has 4 aromatic rings. The molecule has 2 N–H and O–H groups in total. The Balaban J connectivity index is 1.62. The summed E-state index contributed by atoms with van der Waals surface area (Å²) in [5, 5.41) is 13.1. The summed E-state index contributed by atoms with van der Waals surface area (Å²) in [6, 6.07) is 16.1. The summed E-state index contributed by atoms with van der Waals surface area (Å²) in [7, 11) is -2.74. The number of methoxy groups -OCH3 is 1. The van der Waals surface area contributed by atoms with Gasteiger partial charge in [0.2, 0.25) is 0 Å². The summed E-state index contributed by atoms with van der Waals surface area (Å²) in [5.74, 6) is -1.05. The fraction of sp³-hybridized carbons (Fsp3) is 0.0870. The van der Waals surface area contributed by atoms with Crippen LogP contribution in [0.25, 0.3) is 11.7 Å². The highest BCUT2D eigenvalue weighted by Gasteiger charge is 2.20. The van der Waals surface area contributed by atoms with Gasteiger partial charge in [-0.05, 0) is 53.6 Å². The average Bonchev–Trinajstić information content (AvgIpc) is 3.12. The normalized spacial score (nSPS) is 11.7. The van der Waals surface area contributed by atoms with Crippen LogP contribution in [0.1, 0.15) is 11.1 Å². The Morgan fingerprint density at radius 2 is 1.97 bits per heavy atom. The van der Waals surface area contributed by atoms with Gasteiger partial charge in [0.1, 0.15) is 10.6 Å². The fourth-order valence-corrected chi connectivity index (χ4v) is 4.62. The van der Waals surface area contributed by atoms with E-state index in [0.717, 1.165) is 6.08 Å². The summed E-state index contributed by atoms with van der Waals surface area (Å²) in [6.45, 7) is 0.148. The topological polar surface area (TPSA) is 132 Å². The first kappa shape index (κ1) is 22.8. The molecule has 174 valence electrons. The molecule has 10 nitrogen and oxygen atoms in total. The molecule has 0 aliphatic carbocycles. The number of carboxylic acids is 1. The van der Waals surface area contributed by atoms with Gasteiger partial charge in [-0.3, -0.25) is 9.12 Å². The number of pyridine rings is 1. The summed E-state index contributed by atoms with van der Waals surface area (Å²) in [6.07, 6.45) is 3.82. The molecule has 34 heavy (non-hydrogen) atoms. The molecule has 0 unspecified atom stereocenters. The quantitative estimate of drug-likeness (QED) is 0.370. The van der Waals surface area contributed by atoms with Crippen LogP contribution in [-0.4, -0.2) is 40.8 Å². The maximum absolute atomic E-state index is 13.1. The number of sulfonamides is 1. The lowest BCUT2D eigenvalue weighted by atomic mass is 10.2. The lowest BCUT2D eigenvalue weighted by Gasteiger charge is -2.13. The fourth-order valence-electron chi connectivity index (χ4n) is 3.36. The molecule has 0 saturated heterocycles. The Morgan fingerprint density at radius 3 is 2.71 bits per heavy atom. The Hall–Kier alpha value is -4.38. The van der Waals surface area contributed by atoms with Crippen LogP contribution in [0.3, 0.4) is 0 Å². The maximum Gasteiger partial charge on any atom is 0.350 e. The number of anilines is 1. The van der Waals surface area contributed by atoms with E-state index < -0.39 is 16.0 Å². The molecule has 0 bridgehead atoms. The predicted octanol–water partition coefficient (Wildman–Crippen LogP) is 2.45. The molecule has 2 aromatic heterocycles. The lowest BCUT2D eigenvalue weighted by Crippen LogP contribution is -2.21. The summed E-state index contributed by atoms with van der Waals surface area (Å²) >= 11 is 0. The highest BCUT2D eigenvalue weighted by atomic mass is 32.2. The van der Waals surface area contributed by atoms with Crippen molar-refractivity contribution in [2.24, 2.45) is 0 Å². The molecule has 0 spiro atoms. The number of carbonyl (C=O) groups is 1. The number of carboxylic acid groups (broad SMARTS) is 1. The zero-order chi connectivity index (χ0) is 24.3. The third kappa shape index (κ3) is 4.84. The number of fused-ring (bicyclic) bond motifs is 1. The van der Waals surface area contributed by atoms with Crippen LogP contribution in [0.2, 0.25) is 0 Å². The van der Waals surface area contributed by atoms with Crippen LogP contribution >= 0.6 is 0 Å². The van der Waals surface area contributed by atoms with Gasteiger partial charge in [-0.15, -0.1) is 5.10 Å². The molecule has 2 aromatic carbocycles. The van der Waals surface area contributed by atoms with Crippen molar-refractivity contribution >= 4 is 33.4 Å². The molecule has 2 heterocycles. The number of aliphatic carboxylic acids is 1. The molecule has 0 amide bonds. The highest BCUT2D eigenvalue weighted by Crippen LogP contribution is 2.28. The van der Waals surface area contributed by atoms with E-state index in [4.69, 9.17) is 9.84 Å². The average molecular weight is 481 g/mol. The number of ether oxygens (including phenoxy) is 1. The lowest BCUT2D eigenvalue weighted by molar-refractivity contribution is -0.131. The maximum atomic E-state index is 13.1. The Bertz CT molecular complexity index is 1570. The zero-order valence-electron chi connectivity index (χ0n) is 18.0. The van der Waals surface area contributed by atoms with Crippen molar-refractivity contribution < 1.29 is 23.1 Å². The summed E-state index contributed by atoms with van der Waals surface area (Å²) in [5.41, 5.74) is 1.52. The van der Waals surface area contributed by atoms with Crippen molar-refractivity contribution in [3.63, 3.8) is 0 Å². The van der Waals surface area contributed by atoms with Crippen molar-refractivity contribution in [1.82, 2.24) is 14.2 Å². The van der Waals surface area contributed by atoms with Crippen molar-refractivity contribution in [3.05, 3.63) is 94.5 Å². The van der Waals surface area contributed by atoms with Gasteiger partial charge < -0.3 is 9.84 Å². The van der Waals surface area contributed by atoms with Gasteiger partial charge in [0.25, 0.3) is 10.0 Å². The monoisotopic (exact) mass is 480 g/mol. The van der Waals surface area contributed by atoms with E-state index in [1.165, 1.54) is 34.4 Å². The van der Waals surface area contributed by atoms with Gasteiger partial charge in [-0.1, -0.05) is 24.3 Å². The van der Waals surface area contributed by atoms with Gasteiger partial charge in [0, 0.05) is 18.0 Å². The highest BCUT2D eigenvalue weighted by molar-refractivity contribution is 7.92. The van der Waals surface area contributed by atoms with Crippen LogP contribution in [0.4, 0.5) is 5.69 Å². The van der Waals surface area contributed by atoms with E-state index in [2.05, 4.69) is 9.82 Å². The van der Waals surface area contributed by atoms with Crippen molar-refractivity contribution in [2.75, 3.05) is 11.8 Å². The van der Waals surface area contributed by atoms with Gasteiger partial charge in [-0.25, -0.2) is 22.7 Å². The van der Waals surface area contributed by atoms with E-state index in [-0.39, 0.29) is 28.6 Å². The third-order valence-corrected chi connectivity index (χ3v) is 6.30. The molecular formula is C23H20N4O6S. The number of hydrogen-bond acceptors (Lipinski definition) is 6. The second kappa shape index (κ2) is 9.24. The number of rotatable bonds is 8. The van der Waals surface area contributed by atoms with E-state index in [0.29, 0.717) is 16.8 Å². The van der Waals surface area contributed by atoms with Gasteiger partial charge in [0.05, 0.1) is 13.7 Å². The van der Waals surface area contributed by atoms with Gasteiger partial charge in [-0.2, -0.15) is 0 Å². The van der Waals surface area contributed by atoms with Gasteiger partial charge >= 0.3 is 11.7 Å². The minimum Gasteiger partial charge on any atom is -0.495 e. The van der Waals surface area contributed by atoms with Crippen LogP contribution in [-0.2, 0) is 21.4 Å². The van der Waals surface area contributed by atoms with Crippen LogP contribution in [0.5, 0.6) is 5.75 Å². The van der Waals surface area contributed by atoms with E-state index >= 15 is 0 Å². The molecule has 0 radical (unpaired) electrons. The number of benzene rings is 2. The third-order valence-electron chi connectivity index (χ3n) is 4.90. The minimum absolute atomic E-state index is 0.104. The molecule has 0 aliphatic rings. The first-order valence-corrected chi connectivity index (χ1v) is 11.5.